The number of hydrogen-bond donors (Lipinski definition) is 4. The standard InChI is InChI=1S/2C8H20NO2.H2O4S/c2*1-7(5-10)9(3,4)8(2)6-11;1-5(2,3)4/h2*7-8,10-11H,5-6H2,1-4H3;(H2,1,2,3,4)/q2*+1;/p-2. The minimum Gasteiger partial charge on any atom is -0.759 e. The Labute approximate surface area is 164 Å². The molecule has 27 heavy (non-hydrogen) atoms. The SMILES string of the molecule is CC(CO)[N+](C)(C)C(C)CO.CC(CO)[N+](C)(C)C(C)CO.O=S(=O)([O-])[O-]. The third kappa shape index (κ3) is 14.3. The second-order valence-corrected chi connectivity index (χ2v) is 8.61. The van der Waals surface area contributed by atoms with Crippen molar-refractivity contribution in [1.82, 2.24) is 0 Å². The lowest BCUT2D eigenvalue weighted by Gasteiger charge is -2.39. The van der Waals surface area contributed by atoms with Crippen LogP contribution >= 0.6 is 0 Å². The highest BCUT2D eigenvalue weighted by molar-refractivity contribution is 7.79. The first-order chi connectivity index (χ1) is 11.9. The van der Waals surface area contributed by atoms with Crippen molar-refractivity contribution < 1.29 is 46.9 Å². The summed E-state index contributed by atoms with van der Waals surface area (Å²) < 4.78 is 35.4. The van der Waals surface area contributed by atoms with Gasteiger partial charge in [-0.15, -0.1) is 0 Å². The third-order valence-electron chi connectivity index (χ3n) is 5.60. The average molecular weight is 421 g/mol. The van der Waals surface area contributed by atoms with Crippen molar-refractivity contribution in [3.8, 4) is 0 Å². The molecule has 0 aromatic carbocycles. The summed E-state index contributed by atoms with van der Waals surface area (Å²) >= 11 is 0. The van der Waals surface area contributed by atoms with E-state index >= 15 is 0 Å². The summed E-state index contributed by atoms with van der Waals surface area (Å²) in [6.07, 6.45) is 0. The van der Waals surface area contributed by atoms with Crippen molar-refractivity contribution >= 4 is 10.4 Å². The van der Waals surface area contributed by atoms with Crippen molar-refractivity contribution in [1.29, 1.82) is 0 Å². The molecule has 4 atom stereocenters. The van der Waals surface area contributed by atoms with Gasteiger partial charge in [0.15, 0.2) is 0 Å². The van der Waals surface area contributed by atoms with E-state index in [1.807, 2.05) is 55.9 Å². The number of likely N-dealkylation sites (N-methyl/N-ethyl adjacent to an activating group) is 2. The Kier molecular flexibility index (Phi) is 16.0. The Morgan fingerprint density at radius 3 is 0.815 bits per heavy atom. The largest absolute Gasteiger partial charge is 0.759 e. The quantitative estimate of drug-likeness (QED) is 0.205. The summed E-state index contributed by atoms with van der Waals surface area (Å²) in [5.41, 5.74) is 0. The molecule has 0 aliphatic carbocycles. The van der Waals surface area contributed by atoms with Gasteiger partial charge in [-0.05, 0) is 27.7 Å². The molecule has 0 amide bonds. The van der Waals surface area contributed by atoms with Crippen LogP contribution in [0.1, 0.15) is 27.7 Å². The molecule has 10 nitrogen and oxygen atoms in total. The van der Waals surface area contributed by atoms with E-state index in [1.54, 1.807) is 0 Å². The molecule has 11 heteroatoms. The van der Waals surface area contributed by atoms with Crippen LogP contribution in [0.3, 0.4) is 0 Å². The van der Waals surface area contributed by atoms with E-state index in [0.717, 1.165) is 0 Å². The molecule has 168 valence electrons. The maximum absolute atomic E-state index is 8.92. The molecule has 0 aliphatic heterocycles. The second kappa shape index (κ2) is 13.7. The summed E-state index contributed by atoms with van der Waals surface area (Å²) in [7, 11) is 2.90. The van der Waals surface area contributed by atoms with Gasteiger partial charge in [0.1, 0.15) is 24.2 Å². The van der Waals surface area contributed by atoms with Crippen LogP contribution < -0.4 is 0 Å². The molecule has 0 heterocycles. The van der Waals surface area contributed by atoms with Crippen LogP contribution in [0, 0.1) is 0 Å². The monoisotopic (exact) mass is 420 g/mol. The molecule has 0 aromatic rings. The van der Waals surface area contributed by atoms with Gasteiger partial charge in [-0.3, -0.25) is 8.42 Å². The lowest BCUT2D eigenvalue weighted by atomic mass is 10.2. The fourth-order valence-electron chi connectivity index (χ4n) is 1.71. The van der Waals surface area contributed by atoms with Gasteiger partial charge < -0.3 is 38.5 Å². The van der Waals surface area contributed by atoms with Crippen molar-refractivity contribution in [3.63, 3.8) is 0 Å². The number of aliphatic hydroxyl groups excluding tert-OH is 4. The lowest BCUT2D eigenvalue weighted by Crippen LogP contribution is -2.56. The molecular formula is C16H40N2O8S. The molecule has 0 bridgehead atoms. The highest BCUT2D eigenvalue weighted by Gasteiger charge is 2.29. The highest BCUT2D eigenvalue weighted by atomic mass is 32.3. The summed E-state index contributed by atoms with van der Waals surface area (Å²) in [5.74, 6) is 0. The van der Waals surface area contributed by atoms with Gasteiger partial charge in [-0.2, -0.15) is 0 Å². The summed E-state index contributed by atoms with van der Waals surface area (Å²) in [4.78, 5) is 0. The molecule has 0 aromatic heterocycles. The van der Waals surface area contributed by atoms with E-state index in [0.29, 0.717) is 8.97 Å². The van der Waals surface area contributed by atoms with Gasteiger partial charge >= 0.3 is 0 Å². The van der Waals surface area contributed by atoms with Gasteiger partial charge in [0.25, 0.3) is 0 Å². The van der Waals surface area contributed by atoms with Crippen LogP contribution in [-0.2, 0) is 10.4 Å². The molecule has 0 saturated heterocycles. The Morgan fingerprint density at radius 2 is 0.741 bits per heavy atom. The molecule has 4 unspecified atom stereocenters. The number of quaternary nitrogens is 2. The first-order valence-corrected chi connectivity index (χ1v) is 10.0. The Hall–Kier alpha value is -0.370. The van der Waals surface area contributed by atoms with Crippen LogP contribution in [-0.4, -0.2) is 126 Å². The fourth-order valence-corrected chi connectivity index (χ4v) is 1.71. The molecular weight excluding hydrogens is 380 g/mol. The molecule has 0 rings (SSSR count). The number of rotatable bonds is 8. The Morgan fingerprint density at radius 1 is 0.630 bits per heavy atom. The molecule has 4 N–H and O–H groups in total. The number of hydrogen-bond acceptors (Lipinski definition) is 8. The van der Waals surface area contributed by atoms with Gasteiger partial charge in [0.05, 0.1) is 54.6 Å². The first kappa shape index (κ1) is 31.3. The van der Waals surface area contributed by atoms with E-state index in [2.05, 4.69) is 0 Å². The summed E-state index contributed by atoms with van der Waals surface area (Å²) in [6.45, 7) is 8.57. The van der Waals surface area contributed by atoms with Crippen LogP contribution in [0.2, 0.25) is 0 Å². The van der Waals surface area contributed by atoms with E-state index in [9.17, 15) is 0 Å². The second-order valence-electron chi connectivity index (χ2n) is 7.79. The lowest BCUT2D eigenvalue weighted by molar-refractivity contribution is -0.935. The predicted octanol–water partition coefficient (Wildman–Crippen LogP) is -1.69. The molecule has 0 saturated carbocycles. The maximum Gasteiger partial charge on any atom is 0.109 e. The van der Waals surface area contributed by atoms with Crippen LogP contribution in [0.15, 0.2) is 0 Å². The average Bonchev–Trinajstić information content (AvgIpc) is 2.57. The molecule has 0 radical (unpaired) electrons. The highest BCUT2D eigenvalue weighted by Crippen LogP contribution is 2.12. The zero-order valence-corrected chi connectivity index (χ0v) is 18.7. The van der Waals surface area contributed by atoms with Crippen LogP contribution in [0.4, 0.5) is 0 Å². The zero-order valence-electron chi connectivity index (χ0n) is 17.9. The van der Waals surface area contributed by atoms with Gasteiger partial charge in [0.2, 0.25) is 0 Å². The van der Waals surface area contributed by atoms with E-state index < -0.39 is 10.4 Å². The van der Waals surface area contributed by atoms with E-state index in [-0.39, 0.29) is 50.6 Å². The fraction of sp³-hybridized carbons (Fsp3) is 1.00. The summed E-state index contributed by atoms with van der Waals surface area (Å²) in [5, 5.41) is 35.7. The first-order valence-electron chi connectivity index (χ1n) is 8.70. The smallest absolute Gasteiger partial charge is 0.109 e. The van der Waals surface area contributed by atoms with Gasteiger partial charge in [0, 0.05) is 10.4 Å². The zero-order chi connectivity index (χ0) is 22.6. The molecule has 0 spiro atoms. The Bertz CT molecular complexity index is 411. The van der Waals surface area contributed by atoms with Gasteiger partial charge in [-0.25, -0.2) is 0 Å². The topological polar surface area (TPSA) is 161 Å². The van der Waals surface area contributed by atoms with Crippen molar-refractivity contribution in [2.24, 2.45) is 0 Å². The maximum atomic E-state index is 8.92. The van der Waals surface area contributed by atoms with Crippen LogP contribution in [0.25, 0.3) is 0 Å². The number of nitrogens with zero attached hydrogens (tertiary/aromatic N) is 2. The van der Waals surface area contributed by atoms with Crippen molar-refractivity contribution in [3.05, 3.63) is 0 Å². The third-order valence-corrected chi connectivity index (χ3v) is 5.60. The van der Waals surface area contributed by atoms with E-state index in [4.69, 9.17) is 37.9 Å². The normalized spacial score (nSPS) is 16.8. The minimum atomic E-state index is -5.17. The van der Waals surface area contributed by atoms with Crippen molar-refractivity contribution in [2.75, 3.05) is 54.6 Å². The predicted molar refractivity (Wildman–Crippen MR) is 101 cm³/mol. The van der Waals surface area contributed by atoms with Crippen LogP contribution in [0.5, 0.6) is 0 Å². The van der Waals surface area contributed by atoms with Gasteiger partial charge in [-0.1, -0.05) is 0 Å². The summed E-state index contributed by atoms with van der Waals surface area (Å²) in [6, 6.07) is 0.712. The molecule has 0 aliphatic rings. The number of aliphatic hydroxyl groups is 4. The minimum absolute atomic E-state index is 0.164. The molecule has 0 fully saturated rings. The Balaban J connectivity index is -0.000000344. The van der Waals surface area contributed by atoms with E-state index in [1.165, 1.54) is 0 Å². The van der Waals surface area contributed by atoms with Crippen molar-refractivity contribution in [2.45, 2.75) is 51.9 Å².